The molecule has 13 heavy (non-hydrogen) atoms. The summed E-state index contributed by atoms with van der Waals surface area (Å²) < 4.78 is 0. The van der Waals surface area contributed by atoms with Gasteiger partial charge in [-0.3, -0.25) is 4.79 Å². The molecule has 0 bridgehead atoms. The number of likely N-dealkylation sites (N-methyl/N-ethyl adjacent to an activating group) is 1. The van der Waals surface area contributed by atoms with Crippen LogP contribution in [0.15, 0.2) is 0 Å². The van der Waals surface area contributed by atoms with Crippen LogP contribution in [0.25, 0.3) is 0 Å². The summed E-state index contributed by atoms with van der Waals surface area (Å²) in [5.41, 5.74) is 0. The molecule has 0 aliphatic carbocycles. The summed E-state index contributed by atoms with van der Waals surface area (Å²) in [5, 5.41) is 6.28. The molecule has 0 aromatic heterocycles. The van der Waals surface area contributed by atoms with Crippen LogP contribution in [0.5, 0.6) is 0 Å². The number of carbonyl (C=O) groups is 1. The number of nitrogens with one attached hydrogen (secondary N) is 2. The molecule has 0 radical (unpaired) electrons. The summed E-state index contributed by atoms with van der Waals surface area (Å²) in [6.07, 6.45) is 0.930. The van der Waals surface area contributed by atoms with E-state index in [2.05, 4.69) is 24.5 Å². The van der Waals surface area contributed by atoms with Crippen LogP contribution in [0.2, 0.25) is 0 Å². The molecule has 0 saturated carbocycles. The van der Waals surface area contributed by atoms with Gasteiger partial charge in [0.05, 0.1) is 6.04 Å². The van der Waals surface area contributed by atoms with Crippen molar-refractivity contribution >= 4 is 5.78 Å². The normalized spacial score (nSPS) is 13.3. The summed E-state index contributed by atoms with van der Waals surface area (Å²) in [6.45, 7) is 7.68. The fraction of sp³-hybridized carbons (Fsp3) is 0.900. The minimum absolute atomic E-state index is 0.0355. The van der Waals surface area contributed by atoms with Crippen LogP contribution in [-0.2, 0) is 4.79 Å². The molecular formula is C10H22N2O. The van der Waals surface area contributed by atoms with Crippen LogP contribution in [-0.4, -0.2) is 32.0 Å². The molecule has 0 spiro atoms. The molecule has 78 valence electrons. The lowest BCUT2D eigenvalue weighted by Crippen LogP contribution is -2.39. The molecule has 3 heteroatoms. The lowest BCUT2D eigenvalue weighted by Gasteiger charge is -2.17. The first-order chi connectivity index (χ1) is 6.07. The number of rotatable bonds is 7. The summed E-state index contributed by atoms with van der Waals surface area (Å²) >= 11 is 0. The molecule has 0 aliphatic heterocycles. The minimum atomic E-state index is 0.0355. The third-order valence-electron chi connectivity index (χ3n) is 1.96. The van der Waals surface area contributed by atoms with E-state index in [0.717, 1.165) is 19.5 Å². The Morgan fingerprint density at radius 2 is 1.92 bits per heavy atom. The maximum atomic E-state index is 11.2. The Hall–Kier alpha value is -0.410. The Labute approximate surface area is 81.3 Å². The first kappa shape index (κ1) is 12.6. The van der Waals surface area contributed by atoms with Gasteiger partial charge in [0.25, 0.3) is 0 Å². The van der Waals surface area contributed by atoms with Crippen LogP contribution in [0.4, 0.5) is 0 Å². The topological polar surface area (TPSA) is 41.1 Å². The SMILES string of the molecule is CNCCN[C@@H](CC(C)C)C(C)=O. The second kappa shape index (κ2) is 7.04. The monoisotopic (exact) mass is 186 g/mol. The third-order valence-corrected chi connectivity index (χ3v) is 1.96. The zero-order valence-electron chi connectivity index (χ0n) is 9.18. The highest BCUT2D eigenvalue weighted by Crippen LogP contribution is 2.04. The van der Waals surface area contributed by atoms with Crippen molar-refractivity contribution in [2.75, 3.05) is 20.1 Å². The number of Topliss-reactive ketones (excluding diaryl/α,β-unsaturated/α-hetero) is 1. The van der Waals surface area contributed by atoms with Gasteiger partial charge in [-0.05, 0) is 26.3 Å². The molecule has 0 amide bonds. The molecule has 0 unspecified atom stereocenters. The van der Waals surface area contributed by atoms with Gasteiger partial charge in [0.15, 0.2) is 0 Å². The molecule has 0 aromatic rings. The van der Waals surface area contributed by atoms with Crippen molar-refractivity contribution in [3.8, 4) is 0 Å². The molecule has 0 aromatic carbocycles. The van der Waals surface area contributed by atoms with Gasteiger partial charge in [0.1, 0.15) is 5.78 Å². The van der Waals surface area contributed by atoms with E-state index in [1.807, 2.05) is 7.05 Å². The van der Waals surface area contributed by atoms with Gasteiger partial charge in [-0.15, -0.1) is 0 Å². The third kappa shape index (κ3) is 6.72. The highest BCUT2D eigenvalue weighted by molar-refractivity contribution is 5.81. The second-order valence-corrected chi connectivity index (χ2v) is 3.85. The summed E-state index contributed by atoms with van der Waals surface area (Å²) in [6, 6.07) is 0.0355. The zero-order chi connectivity index (χ0) is 10.3. The Bertz CT molecular complexity index is 146. The standard InChI is InChI=1S/C10H22N2O/c1-8(2)7-10(9(3)13)12-6-5-11-4/h8,10-12H,5-7H2,1-4H3/t10-/m0/s1. The predicted octanol–water partition coefficient (Wildman–Crippen LogP) is 0.799. The molecule has 0 aliphatic rings. The fourth-order valence-corrected chi connectivity index (χ4v) is 1.24. The fourth-order valence-electron chi connectivity index (χ4n) is 1.24. The van der Waals surface area contributed by atoms with Gasteiger partial charge < -0.3 is 10.6 Å². The van der Waals surface area contributed by atoms with Crippen LogP contribution < -0.4 is 10.6 Å². The molecule has 1 atom stereocenters. The van der Waals surface area contributed by atoms with Gasteiger partial charge in [-0.2, -0.15) is 0 Å². The quantitative estimate of drug-likeness (QED) is 0.578. The van der Waals surface area contributed by atoms with Crippen LogP contribution in [0, 0.1) is 5.92 Å². The zero-order valence-corrected chi connectivity index (χ0v) is 9.18. The van der Waals surface area contributed by atoms with Crippen LogP contribution in [0.3, 0.4) is 0 Å². The molecule has 0 saturated heterocycles. The smallest absolute Gasteiger partial charge is 0.146 e. The van der Waals surface area contributed by atoms with Gasteiger partial charge in [-0.1, -0.05) is 13.8 Å². The number of ketones is 1. The van der Waals surface area contributed by atoms with Crippen molar-refractivity contribution in [2.24, 2.45) is 5.92 Å². The van der Waals surface area contributed by atoms with Crippen molar-refractivity contribution in [1.29, 1.82) is 0 Å². The molecular weight excluding hydrogens is 164 g/mol. The molecule has 2 N–H and O–H groups in total. The Balaban J connectivity index is 3.74. The van der Waals surface area contributed by atoms with Crippen molar-refractivity contribution < 1.29 is 4.79 Å². The molecule has 0 heterocycles. The minimum Gasteiger partial charge on any atom is -0.318 e. The molecule has 0 fully saturated rings. The summed E-state index contributed by atoms with van der Waals surface area (Å²) in [5.74, 6) is 0.806. The highest BCUT2D eigenvalue weighted by atomic mass is 16.1. The van der Waals surface area contributed by atoms with Crippen molar-refractivity contribution in [2.45, 2.75) is 33.2 Å². The number of hydrogen-bond acceptors (Lipinski definition) is 3. The van der Waals surface area contributed by atoms with E-state index in [1.54, 1.807) is 6.92 Å². The van der Waals surface area contributed by atoms with Gasteiger partial charge >= 0.3 is 0 Å². The number of hydrogen-bond donors (Lipinski definition) is 2. The maximum Gasteiger partial charge on any atom is 0.146 e. The lowest BCUT2D eigenvalue weighted by molar-refractivity contribution is -0.119. The maximum absolute atomic E-state index is 11.2. The van der Waals surface area contributed by atoms with Crippen molar-refractivity contribution in [3.05, 3.63) is 0 Å². The number of carbonyl (C=O) groups excluding carboxylic acids is 1. The van der Waals surface area contributed by atoms with Crippen LogP contribution in [0.1, 0.15) is 27.2 Å². The first-order valence-electron chi connectivity index (χ1n) is 4.96. The predicted molar refractivity (Wildman–Crippen MR) is 55.9 cm³/mol. The van der Waals surface area contributed by atoms with Crippen molar-refractivity contribution in [3.63, 3.8) is 0 Å². The Morgan fingerprint density at radius 3 is 2.31 bits per heavy atom. The van der Waals surface area contributed by atoms with Gasteiger partial charge in [-0.25, -0.2) is 0 Å². The van der Waals surface area contributed by atoms with Gasteiger partial charge in [0, 0.05) is 13.1 Å². The Kier molecular flexibility index (Phi) is 6.82. The second-order valence-electron chi connectivity index (χ2n) is 3.85. The van der Waals surface area contributed by atoms with Gasteiger partial charge in [0.2, 0.25) is 0 Å². The van der Waals surface area contributed by atoms with E-state index in [9.17, 15) is 4.79 Å². The van der Waals surface area contributed by atoms with Crippen LogP contribution >= 0.6 is 0 Å². The van der Waals surface area contributed by atoms with E-state index in [0.29, 0.717) is 5.92 Å². The van der Waals surface area contributed by atoms with E-state index < -0.39 is 0 Å². The van der Waals surface area contributed by atoms with E-state index in [1.165, 1.54) is 0 Å². The average molecular weight is 186 g/mol. The highest BCUT2D eigenvalue weighted by Gasteiger charge is 2.13. The first-order valence-corrected chi connectivity index (χ1v) is 4.96. The molecule has 0 rings (SSSR count). The summed E-state index contributed by atoms with van der Waals surface area (Å²) in [4.78, 5) is 11.2. The average Bonchev–Trinajstić information content (AvgIpc) is 2.02. The van der Waals surface area contributed by atoms with Crippen molar-refractivity contribution in [1.82, 2.24) is 10.6 Å². The van der Waals surface area contributed by atoms with E-state index >= 15 is 0 Å². The largest absolute Gasteiger partial charge is 0.318 e. The summed E-state index contributed by atoms with van der Waals surface area (Å²) in [7, 11) is 1.91. The Morgan fingerprint density at radius 1 is 1.31 bits per heavy atom. The molecule has 3 nitrogen and oxygen atoms in total. The van der Waals surface area contributed by atoms with E-state index in [4.69, 9.17) is 0 Å². The lowest BCUT2D eigenvalue weighted by atomic mass is 10.0. The van der Waals surface area contributed by atoms with E-state index in [-0.39, 0.29) is 11.8 Å².